The Morgan fingerprint density at radius 3 is 2.75 bits per heavy atom. The molecule has 24 heavy (non-hydrogen) atoms. The molecule has 1 aliphatic carbocycles. The molecule has 0 saturated heterocycles. The van der Waals surface area contributed by atoms with Crippen LogP contribution >= 0.6 is 0 Å². The summed E-state index contributed by atoms with van der Waals surface area (Å²) < 4.78 is 9.89. The first-order chi connectivity index (χ1) is 11.5. The molecule has 0 spiro atoms. The summed E-state index contributed by atoms with van der Waals surface area (Å²) in [5, 5.41) is 0. The van der Waals surface area contributed by atoms with Crippen molar-refractivity contribution in [2.24, 2.45) is 5.92 Å². The van der Waals surface area contributed by atoms with Gasteiger partial charge in [0.1, 0.15) is 18.3 Å². The fourth-order valence-corrected chi connectivity index (χ4v) is 2.48. The SMILES string of the molecule is COC(=O)COC1C=CCC(=O)C1C(=O)C=Cc1ccccc1C. The number of Topliss-reactive ketones (excluding diaryl/α,β-unsaturated/α-hetero) is 1. The second-order valence-electron chi connectivity index (χ2n) is 5.52. The van der Waals surface area contributed by atoms with Crippen LogP contribution in [0.25, 0.3) is 6.08 Å². The summed E-state index contributed by atoms with van der Waals surface area (Å²) in [6, 6.07) is 7.64. The van der Waals surface area contributed by atoms with Gasteiger partial charge in [0.15, 0.2) is 5.78 Å². The van der Waals surface area contributed by atoms with Gasteiger partial charge in [-0.15, -0.1) is 0 Å². The number of carbonyl (C=O) groups excluding carboxylic acids is 3. The van der Waals surface area contributed by atoms with Gasteiger partial charge >= 0.3 is 5.97 Å². The molecule has 5 nitrogen and oxygen atoms in total. The summed E-state index contributed by atoms with van der Waals surface area (Å²) in [6.07, 6.45) is 5.83. The average molecular weight is 328 g/mol. The third-order valence-corrected chi connectivity index (χ3v) is 3.86. The molecule has 0 heterocycles. The maximum atomic E-state index is 12.5. The topological polar surface area (TPSA) is 69.7 Å². The van der Waals surface area contributed by atoms with Crippen LogP contribution in [0.5, 0.6) is 0 Å². The lowest BCUT2D eigenvalue weighted by Crippen LogP contribution is -2.38. The highest BCUT2D eigenvalue weighted by atomic mass is 16.6. The molecule has 2 atom stereocenters. The van der Waals surface area contributed by atoms with Crippen LogP contribution in [0.4, 0.5) is 0 Å². The van der Waals surface area contributed by atoms with Gasteiger partial charge in [0, 0.05) is 6.42 Å². The van der Waals surface area contributed by atoms with Crippen LogP contribution in [-0.4, -0.2) is 37.4 Å². The second kappa shape index (κ2) is 8.36. The van der Waals surface area contributed by atoms with Gasteiger partial charge in [-0.1, -0.05) is 42.5 Å². The number of methoxy groups -OCH3 is 1. The number of ether oxygens (including phenoxy) is 2. The van der Waals surface area contributed by atoms with Crippen molar-refractivity contribution >= 4 is 23.6 Å². The quantitative estimate of drug-likeness (QED) is 0.347. The van der Waals surface area contributed by atoms with Gasteiger partial charge < -0.3 is 9.47 Å². The summed E-state index contributed by atoms with van der Waals surface area (Å²) in [4.78, 5) is 35.8. The molecule has 1 aliphatic rings. The van der Waals surface area contributed by atoms with Gasteiger partial charge in [-0.2, -0.15) is 0 Å². The van der Waals surface area contributed by atoms with Crippen LogP contribution in [0.15, 0.2) is 42.5 Å². The molecule has 0 aromatic heterocycles. The lowest BCUT2D eigenvalue weighted by Gasteiger charge is -2.24. The van der Waals surface area contributed by atoms with Gasteiger partial charge in [0.25, 0.3) is 0 Å². The Morgan fingerprint density at radius 2 is 2.04 bits per heavy atom. The number of benzene rings is 1. The summed E-state index contributed by atoms with van der Waals surface area (Å²) in [6.45, 7) is 1.64. The number of carbonyl (C=O) groups is 3. The van der Waals surface area contributed by atoms with Crippen LogP contribution in [0.3, 0.4) is 0 Å². The van der Waals surface area contributed by atoms with E-state index in [4.69, 9.17) is 4.74 Å². The van der Waals surface area contributed by atoms with Gasteiger partial charge in [-0.25, -0.2) is 4.79 Å². The summed E-state index contributed by atoms with van der Waals surface area (Å²) >= 11 is 0. The summed E-state index contributed by atoms with van der Waals surface area (Å²) in [5.41, 5.74) is 1.95. The molecular formula is C19H20O5. The molecule has 1 aromatic carbocycles. The lowest BCUT2D eigenvalue weighted by molar-refractivity contribution is -0.151. The lowest BCUT2D eigenvalue weighted by atomic mass is 9.86. The fourth-order valence-electron chi connectivity index (χ4n) is 2.48. The minimum absolute atomic E-state index is 0.187. The van der Waals surface area contributed by atoms with Gasteiger partial charge in [-0.3, -0.25) is 9.59 Å². The van der Waals surface area contributed by atoms with Crippen LogP contribution in [0.2, 0.25) is 0 Å². The van der Waals surface area contributed by atoms with Gasteiger partial charge in [0.2, 0.25) is 0 Å². The van der Waals surface area contributed by atoms with E-state index >= 15 is 0 Å². The third kappa shape index (κ3) is 4.49. The van der Waals surface area contributed by atoms with E-state index in [1.807, 2.05) is 31.2 Å². The van der Waals surface area contributed by atoms with Crippen LogP contribution in [0.1, 0.15) is 17.5 Å². The summed E-state index contributed by atoms with van der Waals surface area (Å²) in [5.74, 6) is -2.03. The molecule has 5 heteroatoms. The first-order valence-electron chi connectivity index (χ1n) is 7.68. The standard InChI is InChI=1S/C19H20O5/c1-13-6-3-4-7-14(13)10-11-16(21)19-15(20)8-5-9-17(19)24-12-18(22)23-2/h3-7,9-11,17,19H,8,12H2,1-2H3. The monoisotopic (exact) mass is 328 g/mol. The number of ketones is 2. The zero-order chi connectivity index (χ0) is 17.5. The highest BCUT2D eigenvalue weighted by molar-refractivity contribution is 6.10. The smallest absolute Gasteiger partial charge is 0.331 e. The van der Waals surface area contributed by atoms with Gasteiger partial charge in [0.05, 0.1) is 13.2 Å². The number of aryl methyl sites for hydroxylation is 1. The molecule has 126 valence electrons. The van der Waals surface area contributed by atoms with Crippen molar-refractivity contribution in [3.05, 3.63) is 53.6 Å². The Kier molecular flexibility index (Phi) is 6.21. The number of rotatable bonds is 6. The van der Waals surface area contributed by atoms with Crippen molar-refractivity contribution in [1.82, 2.24) is 0 Å². The number of esters is 1. The van der Waals surface area contributed by atoms with E-state index in [1.54, 1.807) is 18.2 Å². The zero-order valence-electron chi connectivity index (χ0n) is 13.7. The van der Waals surface area contributed by atoms with Crippen molar-refractivity contribution in [3.8, 4) is 0 Å². The molecule has 0 saturated carbocycles. The average Bonchev–Trinajstić information content (AvgIpc) is 2.58. The van der Waals surface area contributed by atoms with E-state index in [2.05, 4.69) is 4.74 Å². The number of allylic oxidation sites excluding steroid dienone is 2. The van der Waals surface area contributed by atoms with E-state index in [0.717, 1.165) is 11.1 Å². The van der Waals surface area contributed by atoms with E-state index in [9.17, 15) is 14.4 Å². The Morgan fingerprint density at radius 1 is 1.29 bits per heavy atom. The van der Waals surface area contributed by atoms with E-state index in [1.165, 1.54) is 13.2 Å². The van der Waals surface area contributed by atoms with Crippen LogP contribution in [-0.2, 0) is 23.9 Å². The molecule has 0 bridgehead atoms. The molecule has 2 unspecified atom stereocenters. The number of hydrogen-bond donors (Lipinski definition) is 0. The normalized spacial score (nSPS) is 20.3. The minimum atomic E-state index is -0.931. The predicted octanol–water partition coefficient (Wildman–Crippen LogP) is 2.28. The molecule has 0 aliphatic heterocycles. The fraction of sp³-hybridized carbons (Fsp3) is 0.316. The van der Waals surface area contributed by atoms with E-state index in [0.29, 0.717) is 0 Å². The van der Waals surface area contributed by atoms with E-state index < -0.39 is 18.0 Å². The molecule has 0 amide bonds. The Balaban J connectivity index is 2.12. The molecule has 2 rings (SSSR count). The molecule has 0 radical (unpaired) electrons. The third-order valence-electron chi connectivity index (χ3n) is 3.86. The highest BCUT2D eigenvalue weighted by Gasteiger charge is 2.34. The predicted molar refractivity (Wildman–Crippen MR) is 89.2 cm³/mol. The molecule has 0 N–H and O–H groups in total. The first kappa shape index (κ1) is 17.8. The maximum Gasteiger partial charge on any atom is 0.331 e. The van der Waals surface area contributed by atoms with Crippen LogP contribution < -0.4 is 0 Å². The molecule has 1 aromatic rings. The largest absolute Gasteiger partial charge is 0.467 e. The Hall–Kier alpha value is -2.53. The Labute approximate surface area is 141 Å². The van der Waals surface area contributed by atoms with Gasteiger partial charge in [-0.05, 0) is 24.1 Å². The number of hydrogen-bond acceptors (Lipinski definition) is 5. The van der Waals surface area contributed by atoms with Crippen molar-refractivity contribution in [2.45, 2.75) is 19.4 Å². The molecular weight excluding hydrogens is 308 g/mol. The van der Waals surface area contributed by atoms with Crippen molar-refractivity contribution < 1.29 is 23.9 Å². The Bertz CT molecular complexity index is 687. The molecule has 0 fully saturated rings. The summed E-state index contributed by atoms with van der Waals surface area (Å²) in [7, 11) is 1.25. The zero-order valence-corrected chi connectivity index (χ0v) is 13.7. The van der Waals surface area contributed by atoms with E-state index in [-0.39, 0.29) is 24.6 Å². The first-order valence-corrected chi connectivity index (χ1v) is 7.68. The van der Waals surface area contributed by atoms with Crippen LogP contribution in [0, 0.1) is 12.8 Å². The maximum absolute atomic E-state index is 12.5. The minimum Gasteiger partial charge on any atom is -0.467 e. The highest BCUT2D eigenvalue weighted by Crippen LogP contribution is 2.21. The van der Waals surface area contributed by atoms with Crippen molar-refractivity contribution in [2.75, 3.05) is 13.7 Å². The van der Waals surface area contributed by atoms with Crippen molar-refractivity contribution in [3.63, 3.8) is 0 Å². The van der Waals surface area contributed by atoms with Crippen molar-refractivity contribution in [1.29, 1.82) is 0 Å². The second-order valence-corrected chi connectivity index (χ2v) is 5.52.